The number of aromatic nitrogens is 1. The topological polar surface area (TPSA) is 36.4 Å². The molecule has 0 N–H and O–H groups in total. The van der Waals surface area contributed by atoms with Crippen LogP contribution in [0.25, 0.3) is 11.1 Å². The number of piperazine rings is 1. The van der Waals surface area contributed by atoms with E-state index in [1.807, 2.05) is 22.5 Å². The van der Waals surface area contributed by atoms with Gasteiger partial charge in [-0.2, -0.15) is 0 Å². The molecule has 0 aliphatic carbocycles. The maximum absolute atomic E-state index is 12.6. The van der Waals surface area contributed by atoms with E-state index < -0.39 is 0 Å². The van der Waals surface area contributed by atoms with E-state index in [1.165, 1.54) is 16.7 Å². The molecule has 0 unspecified atom stereocenters. The predicted octanol–water partition coefficient (Wildman–Crippen LogP) is 4.09. The fourth-order valence-electron chi connectivity index (χ4n) is 3.47. The van der Waals surface area contributed by atoms with E-state index in [1.54, 1.807) is 11.3 Å². The number of rotatable bonds is 5. The summed E-state index contributed by atoms with van der Waals surface area (Å²) in [5, 5.41) is 3.05. The zero-order valence-corrected chi connectivity index (χ0v) is 16.1. The number of aryl methyl sites for hydroxylation is 1. The summed E-state index contributed by atoms with van der Waals surface area (Å²) in [5.41, 5.74) is 3.63. The van der Waals surface area contributed by atoms with E-state index in [0.717, 1.165) is 37.7 Å². The van der Waals surface area contributed by atoms with Gasteiger partial charge in [0.25, 0.3) is 0 Å². The van der Waals surface area contributed by atoms with Crippen LogP contribution in [0.4, 0.5) is 5.13 Å². The summed E-state index contributed by atoms with van der Waals surface area (Å²) in [5.74, 6) is 0.249. The van der Waals surface area contributed by atoms with Gasteiger partial charge in [-0.25, -0.2) is 4.98 Å². The van der Waals surface area contributed by atoms with E-state index in [-0.39, 0.29) is 5.91 Å². The first-order valence-corrected chi connectivity index (χ1v) is 10.2. The van der Waals surface area contributed by atoms with Crippen molar-refractivity contribution in [3.05, 3.63) is 71.7 Å². The van der Waals surface area contributed by atoms with Gasteiger partial charge in [-0.3, -0.25) is 4.79 Å². The average molecular weight is 378 g/mol. The number of amides is 1. The Kier molecular flexibility index (Phi) is 5.49. The second-order valence-electron chi connectivity index (χ2n) is 6.75. The minimum Gasteiger partial charge on any atom is -0.345 e. The summed E-state index contributed by atoms with van der Waals surface area (Å²) in [7, 11) is 0. The van der Waals surface area contributed by atoms with Gasteiger partial charge in [-0.05, 0) is 23.1 Å². The molecule has 0 bridgehead atoms. The molecule has 1 saturated heterocycles. The molecule has 2 aromatic carbocycles. The first kappa shape index (κ1) is 17.7. The molecule has 1 fully saturated rings. The summed E-state index contributed by atoms with van der Waals surface area (Å²) in [6.45, 7) is 3.29. The van der Waals surface area contributed by atoms with Gasteiger partial charge in [0.15, 0.2) is 5.13 Å². The minimum atomic E-state index is 0.249. The normalized spacial score (nSPS) is 14.4. The molecule has 1 aliphatic rings. The van der Waals surface area contributed by atoms with Gasteiger partial charge in [0.2, 0.25) is 5.91 Å². The molecule has 3 aromatic rings. The monoisotopic (exact) mass is 377 g/mol. The molecule has 0 spiro atoms. The first-order chi connectivity index (χ1) is 13.3. The van der Waals surface area contributed by atoms with Gasteiger partial charge < -0.3 is 9.80 Å². The standard InChI is InChI=1S/C22H23N3OS/c26-21(24-12-14-25(15-13-24)22-23-11-16-27-22)10-9-18-5-4-8-20(17-18)19-6-2-1-3-7-19/h1-8,11,16-17H,9-10,12-15H2. The third kappa shape index (κ3) is 4.37. The molecule has 4 nitrogen and oxygen atoms in total. The Labute approximate surface area is 164 Å². The lowest BCUT2D eigenvalue weighted by Crippen LogP contribution is -2.48. The number of carbonyl (C=O) groups is 1. The van der Waals surface area contributed by atoms with Crippen molar-refractivity contribution in [2.24, 2.45) is 0 Å². The van der Waals surface area contributed by atoms with Crippen LogP contribution < -0.4 is 4.90 Å². The van der Waals surface area contributed by atoms with Crippen molar-refractivity contribution in [2.75, 3.05) is 31.1 Å². The Balaban J connectivity index is 1.31. The SMILES string of the molecule is O=C(CCc1cccc(-c2ccccc2)c1)N1CCN(c2nccs2)CC1. The second-order valence-corrected chi connectivity index (χ2v) is 7.62. The average Bonchev–Trinajstić information content (AvgIpc) is 3.28. The van der Waals surface area contributed by atoms with E-state index >= 15 is 0 Å². The number of benzene rings is 2. The summed E-state index contributed by atoms with van der Waals surface area (Å²) in [4.78, 5) is 21.2. The molecule has 2 heterocycles. The highest BCUT2D eigenvalue weighted by atomic mass is 32.1. The Morgan fingerprint density at radius 3 is 2.48 bits per heavy atom. The molecule has 0 radical (unpaired) electrons. The van der Waals surface area contributed by atoms with Crippen LogP contribution in [0.5, 0.6) is 0 Å². The molecule has 5 heteroatoms. The largest absolute Gasteiger partial charge is 0.345 e. The van der Waals surface area contributed by atoms with E-state index in [0.29, 0.717) is 6.42 Å². The van der Waals surface area contributed by atoms with E-state index in [2.05, 4.69) is 58.4 Å². The van der Waals surface area contributed by atoms with E-state index in [4.69, 9.17) is 0 Å². The van der Waals surface area contributed by atoms with Crippen LogP contribution in [-0.4, -0.2) is 42.0 Å². The summed E-state index contributed by atoms with van der Waals surface area (Å²) < 4.78 is 0. The molecule has 0 atom stereocenters. The molecule has 1 aromatic heterocycles. The number of thiazole rings is 1. The van der Waals surface area contributed by atoms with Crippen molar-refractivity contribution < 1.29 is 4.79 Å². The van der Waals surface area contributed by atoms with Crippen molar-refractivity contribution in [1.29, 1.82) is 0 Å². The van der Waals surface area contributed by atoms with Crippen LogP contribution in [-0.2, 0) is 11.2 Å². The van der Waals surface area contributed by atoms with Crippen LogP contribution >= 0.6 is 11.3 Å². The lowest BCUT2D eigenvalue weighted by atomic mass is 10.0. The van der Waals surface area contributed by atoms with Gasteiger partial charge in [0, 0.05) is 44.2 Å². The fraction of sp³-hybridized carbons (Fsp3) is 0.273. The lowest BCUT2D eigenvalue weighted by Gasteiger charge is -2.34. The Morgan fingerprint density at radius 1 is 0.963 bits per heavy atom. The van der Waals surface area contributed by atoms with Crippen LogP contribution in [0.2, 0.25) is 0 Å². The molecule has 1 amide bonds. The highest BCUT2D eigenvalue weighted by molar-refractivity contribution is 7.13. The van der Waals surface area contributed by atoms with Crippen molar-refractivity contribution in [1.82, 2.24) is 9.88 Å². The van der Waals surface area contributed by atoms with Crippen molar-refractivity contribution in [3.63, 3.8) is 0 Å². The maximum Gasteiger partial charge on any atom is 0.223 e. The predicted molar refractivity (Wildman–Crippen MR) is 111 cm³/mol. The van der Waals surface area contributed by atoms with Gasteiger partial charge >= 0.3 is 0 Å². The van der Waals surface area contributed by atoms with E-state index in [9.17, 15) is 4.79 Å². The Morgan fingerprint density at radius 2 is 1.74 bits per heavy atom. The molecular weight excluding hydrogens is 354 g/mol. The quantitative estimate of drug-likeness (QED) is 0.672. The molecule has 27 heavy (non-hydrogen) atoms. The maximum atomic E-state index is 12.6. The zero-order valence-electron chi connectivity index (χ0n) is 15.3. The number of anilines is 1. The lowest BCUT2D eigenvalue weighted by molar-refractivity contribution is -0.131. The van der Waals surface area contributed by atoms with Crippen LogP contribution in [0, 0.1) is 0 Å². The minimum absolute atomic E-state index is 0.249. The number of carbonyl (C=O) groups excluding carboxylic acids is 1. The molecule has 0 saturated carbocycles. The molecule has 4 rings (SSSR count). The van der Waals surface area contributed by atoms with Gasteiger partial charge in [-0.15, -0.1) is 11.3 Å². The number of nitrogens with zero attached hydrogens (tertiary/aromatic N) is 3. The highest BCUT2D eigenvalue weighted by Crippen LogP contribution is 2.22. The summed E-state index contributed by atoms with van der Waals surface area (Å²) >= 11 is 1.66. The van der Waals surface area contributed by atoms with Crippen LogP contribution in [0.1, 0.15) is 12.0 Å². The Bertz CT molecular complexity index is 872. The number of hydrogen-bond acceptors (Lipinski definition) is 4. The third-order valence-electron chi connectivity index (χ3n) is 4.98. The van der Waals surface area contributed by atoms with Gasteiger partial charge in [0.05, 0.1) is 0 Å². The highest BCUT2D eigenvalue weighted by Gasteiger charge is 2.22. The third-order valence-corrected chi connectivity index (χ3v) is 5.82. The van der Waals surface area contributed by atoms with Crippen molar-refractivity contribution in [3.8, 4) is 11.1 Å². The van der Waals surface area contributed by atoms with Crippen molar-refractivity contribution in [2.45, 2.75) is 12.8 Å². The zero-order chi connectivity index (χ0) is 18.5. The smallest absolute Gasteiger partial charge is 0.223 e. The first-order valence-electron chi connectivity index (χ1n) is 9.36. The summed E-state index contributed by atoms with van der Waals surface area (Å²) in [6, 6.07) is 18.9. The molecular formula is C22H23N3OS. The number of hydrogen-bond donors (Lipinski definition) is 0. The Hall–Kier alpha value is -2.66. The molecule has 1 aliphatic heterocycles. The molecule has 138 valence electrons. The van der Waals surface area contributed by atoms with Crippen molar-refractivity contribution >= 4 is 22.4 Å². The van der Waals surface area contributed by atoms with Crippen LogP contribution in [0.15, 0.2) is 66.2 Å². The fourth-order valence-corrected chi connectivity index (χ4v) is 4.16. The van der Waals surface area contributed by atoms with Crippen LogP contribution in [0.3, 0.4) is 0 Å². The summed E-state index contributed by atoms with van der Waals surface area (Å²) in [6.07, 6.45) is 3.18. The second kappa shape index (κ2) is 8.35. The van der Waals surface area contributed by atoms with Gasteiger partial charge in [0.1, 0.15) is 0 Å². The van der Waals surface area contributed by atoms with Gasteiger partial charge in [-0.1, -0.05) is 54.6 Å².